The summed E-state index contributed by atoms with van der Waals surface area (Å²) < 4.78 is 39.7. The summed E-state index contributed by atoms with van der Waals surface area (Å²) in [5.74, 6) is -0.704. The van der Waals surface area contributed by atoms with E-state index in [-0.39, 0.29) is 10.5 Å². The third kappa shape index (κ3) is 3.40. The lowest BCUT2D eigenvalue weighted by molar-refractivity contribution is 0.188. The second-order valence-electron chi connectivity index (χ2n) is 5.00. The maximum Gasteiger partial charge on any atom is 0.243 e. The Bertz CT molecular complexity index is 647. The molecule has 1 aromatic carbocycles. The highest BCUT2D eigenvalue weighted by Crippen LogP contribution is 2.20. The molecule has 5 nitrogen and oxygen atoms in total. The lowest BCUT2D eigenvalue weighted by Crippen LogP contribution is -2.48. The van der Waals surface area contributed by atoms with E-state index in [0.29, 0.717) is 26.2 Å². The minimum absolute atomic E-state index is 0.0237. The molecule has 114 valence electrons. The van der Waals surface area contributed by atoms with Crippen LogP contribution in [0.1, 0.15) is 18.9 Å². The molecule has 0 spiro atoms. The Balaban J connectivity index is 2.18. The fourth-order valence-electron chi connectivity index (χ4n) is 2.41. The van der Waals surface area contributed by atoms with Crippen LogP contribution >= 0.6 is 0 Å². The molecule has 1 fully saturated rings. The number of nitrogens with zero attached hydrogens (tertiary/aromatic N) is 3. The molecule has 0 aromatic heterocycles. The van der Waals surface area contributed by atoms with Gasteiger partial charge >= 0.3 is 0 Å². The number of piperazine rings is 1. The van der Waals surface area contributed by atoms with Crippen molar-refractivity contribution < 1.29 is 12.8 Å². The van der Waals surface area contributed by atoms with Crippen molar-refractivity contribution >= 4 is 10.0 Å². The number of benzene rings is 1. The summed E-state index contributed by atoms with van der Waals surface area (Å²) in [5.41, 5.74) is -0.249. The molecule has 0 amide bonds. The van der Waals surface area contributed by atoms with Crippen LogP contribution in [0.3, 0.4) is 0 Å². The Kier molecular flexibility index (Phi) is 4.93. The molecule has 1 aliphatic rings. The Morgan fingerprint density at radius 2 is 1.95 bits per heavy atom. The maximum absolute atomic E-state index is 13.3. The van der Waals surface area contributed by atoms with E-state index in [0.717, 1.165) is 25.1 Å². The van der Waals surface area contributed by atoms with Crippen LogP contribution in [0.25, 0.3) is 0 Å². The van der Waals surface area contributed by atoms with E-state index >= 15 is 0 Å². The standard InChI is InChI=1S/C14H18FN3O2S/c1-2-5-17-6-8-18(9-7-17)21(19,20)13-3-4-14(15)12(10-13)11-16/h3-4,10H,2,5-9H2,1H3. The van der Waals surface area contributed by atoms with Gasteiger partial charge in [0.25, 0.3) is 0 Å². The van der Waals surface area contributed by atoms with Crippen LogP contribution in [0.4, 0.5) is 4.39 Å². The fraction of sp³-hybridized carbons (Fsp3) is 0.500. The molecule has 0 unspecified atom stereocenters. The van der Waals surface area contributed by atoms with E-state index in [1.54, 1.807) is 6.07 Å². The summed E-state index contributed by atoms with van der Waals surface area (Å²) in [4.78, 5) is 2.20. The molecule has 1 heterocycles. The largest absolute Gasteiger partial charge is 0.301 e. The number of halogens is 1. The molecule has 1 saturated heterocycles. The van der Waals surface area contributed by atoms with Gasteiger partial charge in [-0.15, -0.1) is 0 Å². The van der Waals surface area contributed by atoms with Crippen LogP contribution in [0.5, 0.6) is 0 Å². The van der Waals surface area contributed by atoms with Gasteiger partial charge in [0.2, 0.25) is 10.0 Å². The predicted octanol–water partition coefficient (Wildman–Crippen LogP) is 1.41. The van der Waals surface area contributed by atoms with Gasteiger partial charge in [0.1, 0.15) is 11.9 Å². The quantitative estimate of drug-likeness (QED) is 0.843. The fourth-order valence-corrected chi connectivity index (χ4v) is 3.86. The molecule has 0 atom stereocenters. The smallest absolute Gasteiger partial charge is 0.243 e. The maximum atomic E-state index is 13.3. The second-order valence-corrected chi connectivity index (χ2v) is 6.94. The normalized spacial score (nSPS) is 17.6. The summed E-state index contributed by atoms with van der Waals surface area (Å²) in [6, 6.07) is 5.01. The lowest BCUT2D eigenvalue weighted by atomic mass is 10.2. The molecule has 1 aliphatic heterocycles. The number of hydrogen-bond acceptors (Lipinski definition) is 4. The molecular formula is C14H18FN3O2S. The van der Waals surface area contributed by atoms with E-state index in [1.807, 2.05) is 0 Å². The zero-order valence-electron chi connectivity index (χ0n) is 11.9. The monoisotopic (exact) mass is 311 g/mol. The Hall–Kier alpha value is -1.49. The van der Waals surface area contributed by atoms with Crippen LogP contribution in [0.2, 0.25) is 0 Å². The zero-order valence-corrected chi connectivity index (χ0v) is 12.7. The van der Waals surface area contributed by atoms with Crippen LogP contribution in [0, 0.1) is 17.1 Å². The zero-order chi connectivity index (χ0) is 15.5. The van der Waals surface area contributed by atoms with Crippen molar-refractivity contribution in [3.8, 4) is 6.07 Å². The first-order valence-electron chi connectivity index (χ1n) is 6.91. The average molecular weight is 311 g/mol. The number of rotatable bonds is 4. The summed E-state index contributed by atoms with van der Waals surface area (Å²) in [6.45, 7) is 5.27. The van der Waals surface area contributed by atoms with Crippen molar-refractivity contribution in [1.82, 2.24) is 9.21 Å². The van der Waals surface area contributed by atoms with E-state index < -0.39 is 15.8 Å². The molecule has 2 rings (SSSR count). The molecule has 0 bridgehead atoms. The summed E-state index contributed by atoms with van der Waals surface area (Å²) >= 11 is 0. The van der Waals surface area contributed by atoms with Crippen molar-refractivity contribution in [3.63, 3.8) is 0 Å². The number of nitriles is 1. The predicted molar refractivity (Wildman–Crippen MR) is 76.6 cm³/mol. The first-order chi connectivity index (χ1) is 9.98. The van der Waals surface area contributed by atoms with Crippen LogP contribution < -0.4 is 0 Å². The summed E-state index contributed by atoms with van der Waals surface area (Å²) in [5, 5.41) is 8.81. The number of sulfonamides is 1. The highest BCUT2D eigenvalue weighted by atomic mass is 32.2. The SMILES string of the molecule is CCCN1CCN(S(=O)(=O)c2ccc(F)c(C#N)c2)CC1. The van der Waals surface area contributed by atoms with Crippen LogP contribution in [-0.2, 0) is 10.0 Å². The van der Waals surface area contributed by atoms with Crippen molar-refractivity contribution in [2.75, 3.05) is 32.7 Å². The number of hydrogen-bond donors (Lipinski definition) is 0. The van der Waals surface area contributed by atoms with Crippen LogP contribution in [-0.4, -0.2) is 50.3 Å². The van der Waals surface area contributed by atoms with Gasteiger partial charge in [-0.25, -0.2) is 12.8 Å². The van der Waals surface area contributed by atoms with Crippen molar-refractivity contribution in [2.24, 2.45) is 0 Å². The van der Waals surface area contributed by atoms with E-state index in [4.69, 9.17) is 5.26 Å². The molecule has 21 heavy (non-hydrogen) atoms. The van der Waals surface area contributed by atoms with Gasteiger partial charge in [0.05, 0.1) is 10.5 Å². The van der Waals surface area contributed by atoms with Crippen molar-refractivity contribution in [1.29, 1.82) is 5.26 Å². The third-order valence-electron chi connectivity index (χ3n) is 3.57. The van der Waals surface area contributed by atoms with Crippen molar-refractivity contribution in [2.45, 2.75) is 18.2 Å². The first kappa shape index (κ1) is 15.9. The second kappa shape index (κ2) is 6.52. The van der Waals surface area contributed by atoms with Gasteiger partial charge in [0.15, 0.2) is 0 Å². The van der Waals surface area contributed by atoms with E-state index in [1.165, 1.54) is 10.4 Å². The minimum atomic E-state index is -3.66. The first-order valence-corrected chi connectivity index (χ1v) is 8.35. The van der Waals surface area contributed by atoms with Gasteiger partial charge in [-0.05, 0) is 31.2 Å². The highest BCUT2D eigenvalue weighted by Gasteiger charge is 2.28. The van der Waals surface area contributed by atoms with Gasteiger partial charge in [-0.3, -0.25) is 0 Å². The molecule has 7 heteroatoms. The molecule has 1 aromatic rings. The van der Waals surface area contributed by atoms with Gasteiger partial charge in [-0.1, -0.05) is 6.92 Å². The van der Waals surface area contributed by atoms with E-state index in [2.05, 4.69) is 11.8 Å². The van der Waals surface area contributed by atoms with Crippen molar-refractivity contribution in [3.05, 3.63) is 29.6 Å². The minimum Gasteiger partial charge on any atom is -0.301 e. The molecular weight excluding hydrogens is 293 g/mol. The Morgan fingerprint density at radius 3 is 2.52 bits per heavy atom. The molecule has 0 radical (unpaired) electrons. The molecule has 0 aliphatic carbocycles. The topological polar surface area (TPSA) is 64.4 Å². The summed E-state index contributed by atoms with van der Waals surface area (Å²) in [6.07, 6.45) is 1.04. The molecule has 0 saturated carbocycles. The Labute approximate surface area is 124 Å². The van der Waals surface area contributed by atoms with Crippen LogP contribution in [0.15, 0.2) is 23.1 Å². The third-order valence-corrected chi connectivity index (χ3v) is 5.46. The van der Waals surface area contributed by atoms with Gasteiger partial charge in [-0.2, -0.15) is 9.57 Å². The van der Waals surface area contributed by atoms with Gasteiger partial charge in [0, 0.05) is 26.2 Å². The van der Waals surface area contributed by atoms with Gasteiger partial charge < -0.3 is 4.90 Å². The van der Waals surface area contributed by atoms with E-state index in [9.17, 15) is 12.8 Å². The molecule has 0 N–H and O–H groups in total. The lowest BCUT2D eigenvalue weighted by Gasteiger charge is -2.33. The Morgan fingerprint density at radius 1 is 1.29 bits per heavy atom. The summed E-state index contributed by atoms with van der Waals surface area (Å²) in [7, 11) is -3.66. The highest BCUT2D eigenvalue weighted by molar-refractivity contribution is 7.89. The average Bonchev–Trinajstić information content (AvgIpc) is 2.48.